The van der Waals surface area contributed by atoms with E-state index in [1.54, 1.807) is 19.3 Å². The van der Waals surface area contributed by atoms with Gasteiger partial charge in [0, 0.05) is 74.7 Å². The van der Waals surface area contributed by atoms with Crippen molar-refractivity contribution in [3.8, 4) is 5.82 Å². The van der Waals surface area contributed by atoms with Crippen molar-refractivity contribution in [2.24, 2.45) is 0 Å². The fourth-order valence-corrected chi connectivity index (χ4v) is 4.77. The minimum absolute atomic E-state index is 0.129. The summed E-state index contributed by atoms with van der Waals surface area (Å²) in [5.74, 6) is 1.79. The Bertz CT molecular complexity index is 1460. The quantitative estimate of drug-likeness (QED) is 0.296. The van der Waals surface area contributed by atoms with Gasteiger partial charge in [0.1, 0.15) is 11.6 Å². The number of nitrogens with zero attached hydrogens (tertiary/aromatic N) is 6. The van der Waals surface area contributed by atoms with E-state index in [4.69, 9.17) is 0 Å². The molecular formula is C30H36N8O2. The Hall–Kier alpha value is -4.28. The van der Waals surface area contributed by atoms with Crippen LogP contribution in [0.25, 0.3) is 5.82 Å². The molecule has 10 heteroatoms. The van der Waals surface area contributed by atoms with Crippen LogP contribution in [0, 0.1) is 6.92 Å². The average molecular weight is 541 g/mol. The molecular weight excluding hydrogens is 504 g/mol. The Morgan fingerprint density at radius 3 is 2.67 bits per heavy atom. The summed E-state index contributed by atoms with van der Waals surface area (Å²) in [5.41, 5.74) is 4.55. The van der Waals surface area contributed by atoms with Gasteiger partial charge in [-0.3, -0.25) is 9.36 Å². The molecule has 0 unspecified atom stereocenters. The summed E-state index contributed by atoms with van der Waals surface area (Å²) in [6, 6.07) is 15.7. The molecule has 4 aromatic rings. The summed E-state index contributed by atoms with van der Waals surface area (Å²) >= 11 is 0. The van der Waals surface area contributed by atoms with E-state index in [9.17, 15) is 9.90 Å². The number of rotatable bonds is 9. The zero-order valence-electron chi connectivity index (χ0n) is 23.2. The van der Waals surface area contributed by atoms with Crippen molar-refractivity contribution in [1.29, 1.82) is 0 Å². The summed E-state index contributed by atoms with van der Waals surface area (Å²) in [5, 5.41) is 15.6. The second-order valence-corrected chi connectivity index (χ2v) is 10.4. The van der Waals surface area contributed by atoms with Crippen molar-refractivity contribution in [1.82, 2.24) is 24.4 Å². The first-order chi connectivity index (χ1) is 19.3. The van der Waals surface area contributed by atoms with Gasteiger partial charge in [-0.05, 0) is 68.4 Å². The lowest BCUT2D eigenvalue weighted by atomic mass is 10.1. The number of amides is 1. The van der Waals surface area contributed by atoms with E-state index in [-0.39, 0.29) is 5.91 Å². The van der Waals surface area contributed by atoms with Gasteiger partial charge in [-0.25, -0.2) is 9.97 Å². The number of aromatic nitrogens is 4. The van der Waals surface area contributed by atoms with Crippen molar-refractivity contribution in [3.63, 3.8) is 0 Å². The molecule has 208 valence electrons. The van der Waals surface area contributed by atoms with Gasteiger partial charge in [-0.15, -0.1) is 0 Å². The van der Waals surface area contributed by atoms with Gasteiger partial charge in [0.2, 0.25) is 5.95 Å². The molecule has 0 radical (unpaired) electrons. The third-order valence-electron chi connectivity index (χ3n) is 6.90. The second-order valence-electron chi connectivity index (χ2n) is 10.4. The molecule has 1 amide bonds. The molecule has 1 saturated heterocycles. The van der Waals surface area contributed by atoms with Gasteiger partial charge in [0.05, 0.1) is 6.10 Å². The minimum atomic E-state index is -0.506. The minimum Gasteiger partial charge on any atom is -0.392 e. The molecule has 1 atom stereocenters. The molecule has 1 aliphatic rings. The summed E-state index contributed by atoms with van der Waals surface area (Å²) in [4.78, 5) is 31.3. The van der Waals surface area contributed by atoms with Crippen LogP contribution in [0.1, 0.15) is 34.2 Å². The third-order valence-corrected chi connectivity index (χ3v) is 6.90. The van der Waals surface area contributed by atoms with Crippen LogP contribution in [-0.4, -0.2) is 81.3 Å². The van der Waals surface area contributed by atoms with Gasteiger partial charge >= 0.3 is 0 Å². The van der Waals surface area contributed by atoms with E-state index in [0.717, 1.165) is 54.5 Å². The molecule has 5 rings (SSSR count). The summed E-state index contributed by atoms with van der Waals surface area (Å²) < 4.78 is 1.91. The maximum absolute atomic E-state index is 13.3. The molecule has 3 N–H and O–H groups in total. The summed E-state index contributed by atoms with van der Waals surface area (Å²) in [7, 11) is 2.14. The first-order valence-corrected chi connectivity index (χ1v) is 13.6. The Labute approximate surface area is 234 Å². The number of aliphatic hydroxyl groups excluding tert-OH is 1. The number of aryl methyl sites for hydroxylation is 1. The highest BCUT2D eigenvalue weighted by molar-refractivity contribution is 6.05. The largest absolute Gasteiger partial charge is 0.392 e. The molecule has 40 heavy (non-hydrogen) atoms. The predicted octanol–water partition coefficient (Wildman–Crippen LogP) is 3.36. The van der Waals surface area contributed by atoms with Crippen LogP contribution in [0.5, 0.6) is 0 Å². The smallest absolute Gasteiger partial charge is 0.255 e. The number of piperazine rings is 1. The molecule has 0 aliphatic carbocycles. The molecule has 0 spiro atoms. The fourth-order valence-electron chi connectivity index (χ4n) is 4.77. The van der Waals surface area contributed by atoms with Gasteiger partial charge in [0.25, 0.3) is 5.91 Å². The number of nitrogens with one attached hydrogen (secondary N) is 2. The van der Waals surface area contributed by atoms with Crippen LogP contribution >= 0.6 is 0 Å². The molecule has 10 nitrogen and oxygen atoms in total. The van der Waals surface area contributed by atoms with Crippen molar-refractivity contribution in [2.75, 3.05) is 55.3 Å². The van der Waals surface area contributed by atoms with Crippen LogP contribution in [0.3, 0.4) is 0 Å². The van der Waals surface area contributed by atoms with Crippen LogP contribution < -0.4 is 15.5 Å². The van der Waals surface area contributed by atoms with E-state index in [1.807, 2.05) is 60.2 Å². The van der Waals surface area contributed by atoms with Gasteiger partial charge < -0.3 is 25.5 Å². The van der Waals surface area contributed by atoms with Crippen LogP contribution in [0.15, 0.2) is 67.1 Å². The molecule has 1 aliphatic heterocycles. The Kier molecular flexibility index (Phi) is 8.37. The van der Waals surface area contributed by atoms with Crippen molar-refractivity contribution in [3.05, 3.63) is 89.6 Å². The zero-order valence-corrected chi connectivity index (χ0v) is 23.2. The number of hydrogen-bond acceptors (Lipinski definition) is 8. The number of imidazole rings is 1. The second kappa shape index (κ2) is 12.3. The third kappa shape index (κ3) is 6.83. The predicted molar refractivity (Wildman–Crippen MR) is 157 cm³/mol. The topological polar surface area (TPSA) is 111 Å². The van der Waals surface area contributed by atoms with Crippen LogP contribution in [-0.2, 0) is 6.42 Å². The molecule has 2 aromatic carbocycles. The number of carbonyl (C=O) groups is 1. The zero-order chi connectivity index (χ0) is 28.1. The molecule has 0 bridgehead atoms. The maximum Gasteiger partial charge on any atom is 0.255 e. The highest BCUT2D eigenvalue weighted by atomic mass is 16.3. The first-order valence-electron chi connectivity index (χ1n) is 13.6. The monoisotopic (exact) mass is 540 g/mol. The van der Waals surface area contributed by atoms with Crippen molar-refractivity contribution >= 4 is 23.2 Å². The fraction of sp³-hybridized carbons (Fsp3) is 0.333. The number of likely N-dealkylation sites (N-methyl/N-ethyl adjacent to an activating group) is 1. The standard InChI is InChI=1S/C30H36N8O2/c1-21-15-24(19-26(16-21)37-13-11-36(3)12-14-37)29(40)34-25-6-4-5-23(17-25)18-28-31-9-10-38(28)27-7-8-32-30(35-27)33-20-22(2)39/h4-10,15-17,19,22,39H,11-14,18,20H2,1-3H3,(H,34,40)(H,32,33,35)/t22-/m0/s1. The molecule has 3 heterocycles. The lowest BCUT2D eigenvalue weighted by Gasteiger charge is -2.34. The normalized spacial score (nSPS) is 14.7. The summed E-state index contributed by atoms with van der Waals surface area (Å²) in [6.07, 6.45) is 5.31. The molecule has 1 fully saturated rings. The number of carbonyl (C=O) groups excluding carboxylic acids is 1. The Morgan fingerprint density at radius 1 is 1.05 bits per heavy atom. The SMILES string of the molecule is Cc1cc(C(=O)Nc2cccc(Cc3nccn3-c3ccnc(NC[C@H](C)O)n3)c2)cc(N2CCN(C)CC2)c1. The molecule has 0 saturated carbocycles. The van der Waals surface area contributed by atoms with Gasteiger partial charge in [-0.2, -0.15) is 4.98 Å². The average Bonchev–Trinajstić information content (AvgIpc) is 3.40. The highest BCUT2D eigenvalue weighted by Crippen LogP contribution is 2.22. The number of hydrogen-bond donors (Lipinski definition) is 3. The lowest BCUT2D eigenvalue weighted by molar-refractivity contribution is 0.102. The number of benzene rings is 2. The Balaban J connectivity index is 1.29. The van der Waals surface area contributed by atoms with E-state index in [1.165, 1.54) is 0 Å². The van der Waals surface area contributed by atoms with E-state index >= 15 is 0 Å². The number of aliphatic hydroxyl groups is 1. The van der Waals surface area contributed by atoms with E-state index in [2.05, 4.69) is 48.5 Å². The first kappa shape index (κ1) is 27.3. The van der Waals surface area contributed by atoms with E-state index in [0.29, 0.717) is 30.3 Å². The maximum atomic E-state index is 13.3. The summed E-state index contributed by atoms with van der Waals surface area (Å²) in [6.45, 7) is 8.02. The number of anilines is 3. The van der Waals surface area contributed by atoms with Crippen molar-refractivity contribution < 1.29 is 9.90 Å². The molecule has 2 aromatic heterocycles. The Morgan fingerprint density at radius 2 is 1.88 bits per heavy atom. The van der Waals surface area contributed by atoms with Crippen LogP contribution in [0.2, 0.25) is 0 Å². The van der Waals surface area contributed by atoms with E-state index < -0.39 is 6.10 Å². The van der Waals surface area contributed by atoms with Gasteiger partial charge in [0.15, 0.2) is 0 Å². The van der Waals surface area contributed by atoms with Crippen molar-refractivity contribution in [2.45, 2.75) is 26.4 Å². The van der Waals surface area contributed by atoms with Gasteiger partial charge in [-0.1, -0.05) is 12.1 Å². The lowest BCUT2D eigenvalue weighted by Crippen LogP contribution is -2.44. The van der Waals surface area contributed by atoms with Crippen LogP contribution in [0.4, 0.5) is 17.3 Å². The highest BCUT2D eigenvalue weighted by Gasteiger charge is 2.17.